The molecule has 1 aromatic rings. The number of rotatable bonds is 5. The average molecular weight is 205 g/mol. The number of nitrogens with zero attached hydrogens (tertiary/aromatic N) is 1. The Bertz CT molecular complexity index is 357. The van der Waals surface area contributed by atoms with Crippen molar-refractivity contribution in [2.75, 3.05) is 18.0 Å². The molecule has 0 aliphatic heterocycles. The summed E-state index contributed by atoms with van der Waals surface area (Å²) in [6.07, 6.45) is 1.80. The summed E-state index contributed by atoms with van der Waals surface area (Å²) >= 11 is 0. The molecule has 2 heteroatoms. The highest BCUT2D eigenvalue weighted by Gasteiger charge is 2.05. The summed E-state index contributed by atoms with van der Waals surface area (Å²) in [5.74, 6) is -0.219. The van der Waals surface area contributed by atoms with E-state index in [9.17, 15) is 4.39 Å². The third-order valence-electron chi connectivity index (χ3n) is 1.98. The van der Waals surface area contributed by atoms with Gasteiger partial charge in [0.05, 0.1) is 0 Å². The van der Waals surface area contributed by atoms with Crippen LogP contribution in [0.3, 0.4) is 0 Å². The molecule has 0 aromatic heterocycles. The highest BCUT2D eigenvalue weighted by molar-refractivity contribution is 5.48. The Balaban J connectivity index is 2.87. The Labute approximate surface area is 90.5 Å². The zero-order valence-electron chi connectivity index (χ0n) is 9.04. The van der Waals surface area contributed by atoms with E-state index in [4.69, 9.17) is 0 Å². The molecule has 1 rings (SSSR count). The molecular weight excluding hydrogens is 189 g/mol. The van der Waals surface area contributed by atoms with Gasteiger partial charge < -0.3 is 4.90 Å². The Morgan fingerprint density at radius 3 is 2.80 bits per heavy atom. The van der Waals surface area contributed by atoms with Crippen LogP contribution in [0.15, 0.2) is 49.1 Å². The third kappa shape index (κ3) is 3.58. The number of hydrogen-bond donors (Lipinski definition) is 0. The first-order valence-corrected chi connectivity index (χ1v) is 4.89. The lowest BCUT2D eigenvalue weighted by molar-refractivity contribution is 0.627. The first-order chi connectivity index (χ1) is 7.13. The first-order valence-electron chi connectivity index (χ1n) is 4.89. The lowest BCUT2D eigenvalue weighted by Gasteiger charge is -2.23. The fraction of sp³-hybridized carbons (Fsp3) is 0.231. The molecule has 0 amide bonds. The summed E-state index contributed by atoms with van der Waals surface area (Å²) in [6.45, 7) is 10.9. The fourth-order valence-electron chi connectivity index (χ4n) is 1.42. The van der Waals surface area contributed by atoms with E-state index in [0.717, 1.165) is 17.8 Å². The average Bonchev–Trinajstić information content (AvgIpc) is 2.16. The van der Waals surface area contributed by atoms with Crippen molar-refractivity contribution in [3.05, 3.63) is 54.9 Å². The monoisotopic (exact) mass is 205 g/mol. The lowest BCUT2D eigenvalue weighted by Crippen LogP contribution is -2.24. The largest absolute Gasteiger partial charge is 0.364 e. The Hall–Kier alpha value is -1.57. The first kappa shape index (κ1) is 11.5. The van der Waals surface area contributed by atoms with Crippen LogP contribution in [0.5, 0.6) is 0 Å². The molecule has 0 heterocycles. The molecule has 0 saturated heterocycles. The van der Waals surface area contributed by atoms with Crippen LogP contribution in [0.2, 0.25) is 0 Å². The van der Waals surface area contributed by atoms with E-state index in [1.165, 1.54) is 12.1 Å². The molecule has 0 radical (unpaired) electrons. The second-order valence-corrected chi connectivity index (χ2v) is 3.61. The van der Waals surface area contributed by atoms with E-state index in [1.807, 2.05) is 17.9 Å². The highest BCUT2D eigenvalue weighted by atomic mass is 19.1. The van der Waals surface area contributed by atoms with Gasteiger partial charge in [0.25, 0.3) is 0 Å². The van der Waals surface area contributed by atoms with Crippen LogP contribution in [0.1, 0.15) is 6.92 Å². The predicted octanol–water partition coefficient (Wildman–Crippen LogP) is 3.39. The van der Waals surface area contributed by atoms with Crippen molar-refractivity contribution in [3.63, 3.8) is 0 Å². The van der Waals surface area contributed by atoms with Crippen LogP contribution in [0, 0.1) is 5.82 Å². The molecule has 15 heavy (non-hydrogen) atoms. The van der Waals surface area contributed by atoms with E-state index in [2.05, 4.69) is 13.2 Å². The molecule has 80 valence electrons. The SMILES string of the molecule is C=CCN(CC(=C)C)c1cccc(F)c1. The van der Waals surface area contributed by atoms with E-state index < -0.39 is 0 Å². The van der Waals surface area contributed by atoms with Gasteiger partial charge in [0, 0.05) is 18.8 Å². The van der Waals surface area contributed by atoms with Crippen molar-refractivity contribution in [3.8, 4) is 0 Å². The van der Waals surface area contributed by atoms with Gasteiger partial charge >= 0.3 is 0 Å². The molecule has 0 bridgehead atoms. The van der Waals surface area contributed by atoms with Crippen molar-refractivity contribution in [2.24, 2.45) is 0 Å². The maximum absolute atomic E-state index is 13.0. The van der Waals surface area contributed by atoms with Gasteiger partial charge in [-0.2, -0.15) is 0 Å². The molecule has 1 nitrogen and oxygen atoms in total. The second-order valence-electron chi connectivity index (χ2n) is 3.61. The van der Waals surface area contributed by atoms with Crippen molar-refractivity contribution < 1.29 is 4.39 Å². The number of benzene rings is 1. The van der Waals surface area contributed by atoms with Crippen molar-refractivity contribution in [1.29, 1.82) is 0 Å². The highest BCUT2D eigenvalue weighted by Crippen LogP contribution is 2.16. The molecule has 1 aromatic carbocycles. The molecule has 0 saturated carbocycles. The van der Waals surface area contributed by atoms with Crippen molar-refractivity contribution in [2.45, 2.75) is 6.92 Å². The van der Waals surface area contributed by atoms with Crippen LogP contribution in [-0.4, -0.2) is 13.1 Å². The maximum Gasteiger partial charge on any atom is 0.125 e. The van der Waals surface area contributed by atoms with Crippen LogP contribution in [0.4, 0.5) is 10.1 Å². The minimum atomic E-state index is -0.219. The molecular formula is C13H16FN. The summed E-state index contributed by atoms with van der Waals surface area (Å²) in [4.78, 5) is 2.03. The van der Waals surface area contributed by atoms with Gasteiger partial charge in [-0.25, -0.2) is 4.39 Å². The zero-order chi connectivity index (χ0) is 11.3. The molecule has 0 unspecified atom stereocenters. The van der Waals surface area contributed by atoms with E-state index >= 15 is 0 Å². The van der Waals surface area contributed by atoms with E-state index in [0.29, 0.717) is 6.54 Å². The summed E-state index contributed by atoms with van der Waals surface area (Å²) in [5.41, 5.74) is 1.90. The molecule has 0 atom stereocenters. The smallest absolute Gasteiger partial charge is 0.125 e. The quantitative estimate of drug-likeness (QED) is 0.666. The van der Waals surface area contributed by atoms with Crippen molar-refractivity contribution in [1.82, 2.24) is 0 Å². The van der Waals surface area contributed by atoms with Crippen molar-refractivity contribution >= 4 is 5.69 Å². The fourth-order valence-corrected chi connectivity index (χ4v) is 1.42. The zero-order valence-corrected chi connectivity index (χ0v) is 9.04. The van der Waals surface area contributed by atoms with Gasteiger partial charge in [0.15, 0.2) is 0 Å². The van der Waals surface area contributed by atoms with Gasteiger partial charge in [-0.1, -0.05) is 24.3 Å². The molecule has 0 fully saturated rings. The van der Waals surface area contributed by atoms with Crippen LogP contribution in [-0.2, 0) is 0 Å². The number of hydrogen-bond acceptors (Lipinski definition) is 1. The maximum atomic E-state index is 13.0. The molecule has 0 aliphatic rings. The number of halogens is 1. The van der Waals surface area contributed by atoms with Crippen LogP contribution in [0.25, 0.3) is 0 Å². The lowest BCUT2D eigenvalue weighted by atomic mass is 10.2. The number of anilines is 1. The molecule has 0 spiro atoms. The summed E-state index contributed by atoms with van der Waals surface area (Å²) < 4.78 is 13.0. The van der Waals surface area contributed by atoms with Crippen LogP contribution >= 0.6 is 0 Å². The predicted molar refractivity (Wildman–Crippen MR) is 63.6 cm³/mol. The summed E-state index contributed by atoms with van der Waals surface area (Å²) in [6, 6.07) is 6.55. The molecule has 0 N–H and O–H groups in total. The minimum absolute atomic E-state index is 0.219. The van der Waals surface area contributed by atoms with Gasteiger partial charge in [-0.15, -0.1) is 6.58 Å². The molecule has 0 aliphatic carbocycles. The second kappa shape index (κ2) is 5.35. The van der Waals surface area contributed by atoms with E-state index in [-0.39, 0.29) is 5.82 Å². The van der Waals surface area contributed by atoms with Crippen LogP contribution < -0.4 is 4.90 Å². The topological polar surface area (TPSA) is 3.24 Å². The van der Waals surface area contributed by atoms with Gasteiger partial charge in [0.1, 0.15) is 5.82 Å². The summed E-state index contributed by atoms with van der Waals surface area (Å²) in [7, 11) is 0. The Kier molecular flexibility index (Phi) is 4.10. The Morgan fingerprint density at radius 2 is 2.27 bits per heavy atom. The minimum Gasteiger partial charge on any atom is -0.364 e. The standard InChI is InChI=1S/C13H16FN/c1-4-8-15(10-11(2)3)13-7-5-6-12(14)9-13/h4-7,9H,1-2,8,10H2,3H3. The van der Waals surface area contributed by atoms with Gasteiger partial charge in [0.2, 0.25) is 0 Å². The Morgan fingerprint density at radius 1 is 1.53 bits per heavy atom. The third-order valence-corrected chi connectivity index (χ3v) is 1.98. The van der Waals surface area contributed by atoms with Gasteiger partial charge in [-0.3, -0.25) is 0 Å². The van der Waals surface area contributed by atoms with E-state index in [1.54, 1.807) is 12.1 Å². The summed E-state index contributed by atoms with van der Waals surface area (Å²) in [5, 5.41) is 0. The van der Waals surface area contributed by atoms with Gasteiger partial charge in [-0.05, 0) is 25.1 Å². The normalized spacial score (nSPS) is 9.73.